The van der Waals surface area contributed by atoms with E-state index in [0.717, 1.165) is 36.8 Å². The highest BCUT2D eigenvalue weighted by Gasteiger charge is 2.19. The average molecular weight is 256 g/mol. The van der Waals surface area contributed by atoms with Gasteiger partial charge in [-0.2, -0.15) is 0 Å². The quantitative estimate of drug-likeness (QED) is 0.864. The first-order valence-corrected chi connectivity index (χ1v) is 6.40. The van der Waals surface area contributed by atoms with E-state index in [4.69, 9.17) is 0 Å². The van der Waals surface area contributed by atoms with Gasteiger partial charge in [-0.3, -0.25) is 4.98 Å². The summed E-state index contributed by atoms with van der Waals surface area (Å²) in [6.45, 7) is 3.95. The van der Waals surface area contributed by atoms with Crippen LogP contribution in [0.1, 0.15) is 23.9 Å². The molecule has 0 aromatic carbocycles. The second-order valence-electron chi connectivity index (χ2n) is 4.63. The molecule has 1 atom stereocenters. The lowest BCUT2D eigenvalue weighted by Crippen LogP contribution is -2.10. The third-order valence-corrected chi connectivity index (χ3v) is 3.16. The molecule has 0 bridgehead atoms. The van der Waals surface area contributed by atoms with E-state index < -0.39 is 0 Å². The van der Waals surface area contributed by atoms with Crippen LogP contribution in [0.3, 0.4) is 0 Å². The number of aryl methyl sites for hydroxylation is 1. The maximum absolute atomic E-state index is 4.53. The Labute approximate surface area is 111 Å². The van der Waals surface area contributed by atoms with Crippen molar-refractivity contribution in [1.82, 2.24) is 25.3 Å². The SMILES string of the molecule is Cc1nc(Nc2cnccn2)cc(C2CCNC2)n1. The molecule has 2 N–H and O–H groups in total. The normalized spacial score (nSPS) is 18.5. The Morgan fingerprint density at radius 1 is 1.26 bits per heavy atom. The fraction of sp³-hybridized carbons (Fsp3) is 0.385. The van der Waals surface area contributed by atoms with Crippen LogP contribution in [-0.2, 0) is 0 Å². The summed E-state index contributed by atoms with van der Waals surface area (Å²) < 4.78 is 0. The first kappa shape index (κ1) is 12.0. The summed E-state index contributed by atoms with van der Waals surface area (Å²) in [6.07, 6.45) is 6.10. The molecule has 3 rings (SSSR count). The number of nitrogens with zero attached hydrogens (tertiary/aromatic N) is 4. The third-order valence-electron chi connectivity index (χ3n) is 3.16. The van der Waals surface area contributed by atoms with Crippen LogP contribution in [0.25, 0.3) is 0 Å². The zero-order chi connectivity index (χ0) is 13.1. The Hall–Kier alpha value is -2.08. The van der Waals surface area contributed by atoms with Gasteiger partial charge in [0, 0.05) is 30.9 Å². The highest BCUT2D eigenvalue weighted by Crippen LogP contribution is 2.23. The lowest BCUT2D eigenvalue weighted by molar-refractivity contribution is 0.725. The largest absolute Gasteiger partial charge is 0.324 e. The van der Waals surface area contributed by atoms with Gasteiger partial charge < -0.3 is 10.6 Å². The van der Waals surface area contributed by atoms with Gasteiger partial charge in [0.15, 0.2) is 0 Å². The van der Waals surface area contributed by atoms with Gasteiger partial charge in [-0.05, 0) is 19.9 Å². The number of nitrogens with one attached hydrogen (secondary N) is 2. The minimum Gasteiger partial charge on any atom is -0.324 e. The first-order chi connectivity index (χ1) is 9.31. The van der Waals surface area contributed by atoms with Crippen LogP contribution in [0, 0.1) is 6.92 Å². The fourth-order valence-corrected chi connectivity index (χ4v) is 2.27. The van der Waals surface area contributed by atoms with E-state index in [9.17, 15) is 0 Å². The summed E-state index contributed by atoms with van der Waals surface area (Å²) in [4.78, 5) is 17.1. The number of hydrogen-bond donors (Lipinski definition) is 2. The molecule has 98 valence electrons. The molecular formula is C13H16N6. The molecule has 6 heteroatoms. The molecule has 6 nitrogen and oxygen atoms in total. The molecule has 0 saturated carbocycles. The van der Waals surface area contributed by atoms with Crippen molar-refractivity contribution in [1.29, 1.82) is 0 Å². The third kappa shape index (κ3) is 2.85. The molecule has 3 heterocycles. The van der Waals surface area contributed by atoms with Gasteiger partial charge in [0.2, 0.25) is 0 Å². The lowest BCUT2D eigenvalue weighted by Gasteiger charge is -2.11. The second-order valence-corrected chi connectivity index (χ2v) is 4.63. The molecule has 2 aromatic heterocycles. The molecule has 0 aliphatic carbocycles. The Bertz CT molecular complexity index is 550. The van der Waals surface area contributed by atoms with E-state index in [-0.39, 0.29) is 0 Å². The highest BCUT2D eigenvalue weighted by atomic mass is 15.1. The summed E-state index contributed by atoms with van der Waals surface area (Å²) in [7, 11) is 0. The van der Waals surface area contributed by atoms with Gasteiger partial charge in [-0.25, -0.2) is 15.0 Å². The zero-order valence-corrected chi connectivity index (χ0v) is 10.8. The summed E-state index contributed by atoms with van der Waals surface area (Å²) >= 11 is 0. The van der Waals surface area contributed by atoms with Crippen LogP contribution in [-0.4, -0.2) is 33.0 Å². The molecule has 0 radical (unpaired) electrons. The molecule has 1 fully saturated rings. The molecule has 1 aliphatic rings. The maximum atomic E-state index is 4.53. The van der Waals surface area contributed by atoms with E-state index in [0.29, 0.717) is 11.7 Å². The summed E-state index contributed by atoms with van der Waals surface area (Å²) in [5.41, 5.74) is 1.09. The van der Waals surface area contributed by atoms with Gasteiger partial charge in [-0.15, -0.1) is 0 Å². The molecule has 1 unspecified atom stereocenters. The van der Waals surface area contributed by atoms with E-state index in [1.807, 2.05) is 13.0 Å². The number of aromatic nitrogens is 4. The predicted molar refractivity (Wildman–Crippen MR) is 72.3 cm³/mol. The van der Waals surface area contributed by atoms with Crippen LogP contribution in [0.4, 0.5) is 11.6 Å². The van der Waals surface area contributed by atoms with E-state index in [1.165, 1.54) is 0 Å². The Balaban J connectivity index is 1.85. The van der Waals surface area contributed by atoms with Gasteiger partial charge in [0.1, 0.15) is 17.5 Å². The van der Waals surface area contributed by atoms with Crippen molar-refractivity contribution < 1.29 is 0 Å². The smallest absolute Gasteiger partial charge is 0.150 e. The Kier molecular flexibility index (Phi) is 3.33. The van der Waals surface area contributed by atoms with Gasteiger partial charge in [0.05, 0.1) is 11.9 Å². The van der Waals surface area contributed by atoms with Crippen LogP contribution >= 0.6 is 0 Å². The average Bonchev–Trinajstić information content (AvgIpc) is 2.93. The molecule has 19 heavy (non-hydrogen) atoms. The van der Waals surface area contributed by atoms with Crippen LogP contribution < -0.4 is 10.6 Å². The first-order valence-electron chi connectivity index (χ1n) is 6.40. The standard InChI is InChI=1S/C13H16N6/c1-9-17-11(10-2-3-14-7-10)6-12(18-9)19-13-8-15-4-5-16-13/h4-6,8,10,14H,2-3,7H2,1H3,(H,16,17,18,19). The number of anilines is 2. The molecule has 1 aliphatic heterocycles. The monoisotopic (exact) mass is 256 g/mol. The van der Waals surface area contributed by atoms with Crippen LogP contribution in [0.2, 0.25) is 0 Å². The minimum atomic E-state index is 0.476. The van der Waals surface area contributed by atoms with Crippen molar-refractivity contribution in [3.8, 4) is 0 Å². The zero-order valence-electron chi connectivity index (χ0n) is 10.8. The van der Waals surface area contributed by atoms with E-state index >= 15 is 0 Å². The van der Waals surface area contributed by atoms with Crippen molar-refractivity contribution in [2.24, 2.45) is 0 Å². The van der Waals surface area contributed by atoms with E-state index in [1.54, 1.807) is 18.6 Å². The second kappa shape index (κ2) is 5.27. The topological polar surface area (TPSA) is 75.6 Å². The molecule has 2 aromatic rings. The van der Waals surface area contributed by atoms with Gasteiger partial charge >= 0.3 is 0 Å². The number of rotatable bonds is 3. The van der Waals surface area contributed by atoms with Gasteiger partial charge in [0.25, 0.3) is 0 Å². The minimum absolute atomic E-state index is 0.476. The Morgan fingerprint density at radius 3 is 2.95 bits per heavy atom. The predicted octanol–water partition coefficient (Wildman–Crippen LogP) is 1.40. The van der Waals surface area contributed by atoms with Crippen molar-refractivity contribution in [2.45, 2.75) is 19.3 Å². The van der Waals surface area contributed by atoms with Crippen LogP contribution in [0.5, 0.6) is 0 Å². The van der Waals surface area contributed by atoms with Crippen LogP contribution in [0.15, 0.2) is 24.7 Å². The van der Waals surface area contributed by atoms with Crippen molar-refractivity contribution in [3.63, 3.8) is 0 Å². The van der Waals surface area contributed by atoms with Crippen molar-refractivity contribution in [2.75, 3.05) is 18.4 Å². The summed E-state index contributed by atoms with van der Waals surface area (Å²) in [5.74, 6) is 2.71. The maximum Gasteiger partial charge on any atom is 0.150 e. The molecule has 1 saturated heterocycles. The fourth-order valence-electron chi connectivity index (χ4n) is 2.27. The van der Waals surface area contributed by atoms with E-state index in [2.05, 4.69) is 30.6 Å². The lowest BCUT2D eigenvalue weighted by atomic mass is 10.0. The molecule has 0 amide bonds. The highest BCUT2D eigenvalue weighted by molar-refractivity contribution is 5.50. The number of hydrogen-bond acceptors (Lipinski definition) is 6. The van der Waals surface area contributed by atoms with Gasteiger partial charge in [-0.1, -0.05) is 0 Å². The summed E-state index contributed by atoms with van der Waals surface area (Å²) in [5, 5.41) is 6.52. The molecular weight excluding hydrogens is 240 g/mol. The molecule has 0 spiro atoms. The summed E-state index contributed by atoms with van der Waals surface area (Å²) in [6, 6.07) is 2.00. The van der Waals surface area contributed by atoms with Crippen molar-refractivity contribution in [3.05, 3.63) is 36.2 Å². The van der Waals surface area contributed by atoms with Crippen molar-refractivity contribution >= 4 is 11.6 Å². The Morgan fingerprint density at radius 2 is 2.21 bits per heavy atom.